The molecular formula is C13H16F2N2O2. The van der Waals surface area contributed by atoms with Crippen molar-refractivity contribution in [1.82, 2.24) is 10.6 Å². The first-order chi connectivity index (χ1) is 9.06. The highest BCUT2D eigenvalue weighted by Crippen LogP contribution is 2.08. The monoisotopic (exact) mass is 270 g/mol. The van der Waals surface area contributed by atoms with Gasteiger partial charge in [0.1, 0.15) is 17.7 Å². The first-order valence-electron chi connectivity index (χ1n) is 6.14. The summed E-state index contributed by atoms with van der Waals surface area (Å²) < 4.78 is 31.3. The molecule has 1 heterocycles. The van der Waals surface area contributed by atoms with Crippen molar-refractivity contribution in [3.63, 3.8) is 0 Å². The number of nitrogens with one attached hydrogen (secondary N) is 2. The maximum atomic E-state index is 13.0. The van der Waals surface area contributed by atoms with E-state index in [1.807, 2.05) is 0 Å². The third-order valence-electron chi connectivity index (χ3n) is 2.99. The van der Waals surface area contributed by atoms with Gasteiger partial charge in [-0.05, 0) is 24.6 Å². The van der Waals surface area contributed by atoms with Crippen LogP contribution in [0.5, 0.6) is 0 Å². The van der Waals surface area contributed by atoms with Gasteiger partial charge in [0.15, 0.2) is 0 Å². The molecule has 1 aromatic rings. The van der Waals surface area contributed by atoms with Gasteiger partial charge in [-0.15, -0.1) is 0 Å². The van der Waals surface area contributed by atoms with Gasteiger partial charge >= 0.3 is 0 Å². The van der Waals surface area contributed by atoms with Crippen LogP contribution in [0.4, 0.5) is 8.78 Å². The van der Waals surface area contributed by atoms with E-state index in [4.69, 9.17) is 4.74 Å². The van der Waals surface area contributed by atoms with E-state index in [0.717, 1.165) is 6.07 Å². The van der Waals surface area contributed by atoms with Crippen LogP contribution in [0.2, 0.25) is 0 Å². The van der Waals surface area contributed by atoms with Crippen LogP contribution in [-0.2, 0) is 16.1 Å². The molecule has 19 heavy (non-hydrogen) atoms. The van der Waals surface area contributed by atoms with Crippen LogP contribution in [0.15, 0.2) is 18.2 Å². The van der Waals surface area contributed by atoms with Crippen molar-refractivity contribution in [2.24, 2.45) is 0 Å². The topological polar surface area (TPSA) is 50.4 Å². The van der Waals surface area contributed by atoms with Gasteiger partial charge in [0.05, 0.1) is 12.7 Å². The third-order valence-corrected chi connectivity index (χ3v) is 2.99. The highest BCUT2D eigenvalue weighted by Gasteiger charge is 2.27. The SMILES string of the molecule is C[C@H]1OCCN[C@@H]1C(=O)NCc1cc(F)cc(F)c1. The normalized spacial score (nSPS) is 23.1. The molecule has 1 fully saturated rings. The van der Waals surface area contributed by atoms with Gasteiger partial charge in [-0.1, -0.05) is 0 Å². The fraction of sp³-hybridized carbons (Fsp3) is 0.462. The minimum atomic E-state index is -0.656. The lowest BCUT2D eigenvalue weighted by Gasteiger charge is -2.29. The number of carbonyl (C=O) groups is 1. The van der Waals surface area contributed by atoms with Crippen molar-refractivity contribution in [1.29, 1.82) is 0 Å². The Bertz CT molecular complexity index is 448. The summed E-state index contributed by atoms with van der Waals surface area (Å²) in [5.41, 5.74) is 0.384. The smallest absolute Gasteiger partial charge is 0.240 e. The van der Waals surface area contributed by atoms with Crippen LogP contribution >= 0.6 is 0 Å². The lowest BCUT2D eigenvalue weighted by molar-refractivity contribution is -0.129. The Labute approximate surface area is 110 Å². The first-order valence-corrected chi connectivity index (χ1v) is 6.14. The molecule has 0 bridgehead atoms. The number of ether oxygens (including phenoxy) is 1. The summed E-state index contributed by atoms with van der Waals surface area (Å²) in [6.45, 7) is 3.06. The molecule has 1 aromatic carbocycles. The fourth-order valence-corrected chi connectivity index (χ4v) is 2.04. The fourth-order valence-electron chi connectivity index (χ4n) is 2.04. The molecule has 0 spiro atoms. The largest absolute Gasteiger partial charge is 0.375 e. The second-order valence-electron chi connectivity index (χ2n) is 4.50. The maximum Gasteiger partial charge on any atom is 0.240 e. The van der Waals surface area contributed by atoms with Gasteiger partial charge in [-0.25, -0.2) is 8.78 Å². The molecule has 1 saturated heterocycles. The molecule has 6 heteroatoms. The number of morpholine rings is 1. The van der Waals surface area contributed by atoms with Crippen LogP contribution < -0.4 is 10.6 Å². The van der Waals surface area contributed by atoms with Crippen LogP contribution in [-0.4, -0.2) is 31.2 Å². The Morgan fingerprint density at radius 1 is 1.42 bits per heavy atom. The van der Waals surface area contributed by atoms with Crippen molar-refractivity contribution >= 4 is 5.91 Å². The number of halogens is 2. The molecule has 4 nitrogen and oxygen atoms in total. The predicted octanol–water partition coefficient (Wildman–Crippen LogP) is 0.958. The lowest BCUT2D eigenvalue weighted by Crippen LogP contribution is -2.55. The Balaban J connectivity index is 1.92. The van der Waals surface area contributed by atoms with E-state index in [1.54, 1.807) is 6.92 Å². The number of rotatable bonds is 3. The van der Waals surface area contributed by atoms with Gasteiger partial charge in [-0.2, -0.15) is 0 Å². The second kappa shape index (κ2) is 6.08. The highest BCUT2D eigenvalue weighted by molar-refractivity contribution is 5.82. The molecule has 0 radical (unpaired) electrons. The average Bonchev–Trinajstić information content (AvgIpc) is 2.35. The van der Waals surface area contributed by atoms with Crippen molar-refractivity contribution < 1.29 is 18.3 Å². The zero-order chi connectivity index (χ0) is 13.8. The molecule has 1 amide bonds. The van der Waals surface area contributed by atoms with Gasteiger partial charge in [0.2, 0.25) is 5.91 Å². The minimum Gasteiger partial charge on any atom is -0.375 e. The van der Waals surface area contributed by atoms with Crippen molar-refractivity contribution in [3.8, 4) is 0 Å². The third kappa shape index (κ3) is 3.71. The van der Waals surface area contributed by atoms with Crippen molar-refractivity contribution in [2.45, 2.75) is 25.6 Å². The summed E-state index contributed by atoms with van der Waals surface area (Å²) in [5, 5.41) is 5.68. The summed E-state index contributed by atoms with van der Waals surface area (Å²) in [6, 6.07) is 2.74. The van der Waals surface area contributed by atoms with E-state index in [1.165, 1.54) is 12.1 Å². The standard InChI is InChI=1S/C13H16F2N2O2/c1-8-12(16-2-3-19-8)13(18)17-7-9-4-10(14)6-11(15)5-9/h4-6,8,12,16H,2-3,7H2,1H3,(H,17,18)/t8-,12+/m1/s1. The molecule has 0 saturated carbocycles. The minimum absolute atomic E-state index is 0.0818. The molecule has 0 aliphatic carbocycles. The quantitative estimate of drug-likeness (QED) is 0.860. The van der Waals surface area contributed by atoms with Gasteiger partial charge in [0.25, 0.3) is 0 Å². The van der Waals surface area contributed by atoms with Crippen molar-refractivity contribution in [3.05, 3.63) is 35.4 Å². The van der Waals surface area contributed by atoms with E-state index in [0.29, 0.717) is 18.7 Å². The first kappa shape index (κ1) is 13.9. The van der Waals surface area contributed by atoms with Crippen LogP contribution in [0.3, 0.4) is 0 Å². The molecular weight excluding hydrogens is 254 g/mol. The summed E-state index contributed by atoms with van der Waals surface area (Å²) in [6.07, 6.45) is -0.224. The Morgan fingerprint density at radius 3 is 2.74 bits per heavy atom. The number of hydrogen-bond acceptors (Lipinski definition) is 3. The van der Waals surface area contributed by atoms with Crippen LogP contribution in [0.25, 0.3) is 0 Å². The average molecular weight is 270 g/mol. The molecule has 2 atom stereocenters. The molecule has 1 aliphatic rings. The van der Waals surface area contributed by atoms with E-state index < -0.39 is 17.7 Å². The Kier molecular flexibility index (Phi) is 4.44. The summed E-state index contributed by atoms with van der Waals surface area (Å²) in [7, 11) is 0. The number of benzene rings is 1. The van der Waals surface area contributed by atoms with Crippen molar-refractivity contribution in [2.75, 3.05) is 13.2 Å². The van der Waals surface area contributed by atoms with E-state index in [-0.39, 0.29) is 18.6 Å². The van der Waals surface area contributed by atoms with E-state index in [9.17, 15) is 13.6 Å². The number of hydrogen-bond donors (Lipinski definition) is 2. The van der Waals surface area contributed by atoms with E-state index >= 15 is 0 Å². The summed E-state index contributed by atoms with van der Waals surface area (Å²) in [4.78, 5) is 11.9. The Hall–Kier alpha value is -1.53. The van der Waals surface area contributed by atoms with Crippen LogP contribution in [0.1, 0.15) is 12.5 Å². The molecule has 104 valence electrons. The van der Waals surface area contributed by atoms with Gasteiger partial charge in [0, 0.05) is 19.2 Å². The molecule has 0 aromatic heterocycles. The van der Waals surface area contributed by atoms with Gasteiger partial charge in [-0.3, -0.25) is 4.79 Å². The predicted molar refractivity (Wildman–Crippen MR) is 65.4 cm³/mol. The number of carbonyl (C=O) groups excluding carboxylic acids is 1. The second-order valence-corrected chi connectivity index (χ2v) is 4.50. The number of amides is 1. The Morgan fingerprint density at radius 2 is 2.11 bits per heavy atom. The molecule has 0 unspecified atom stereocenters. The van der Waals surface area contributed by atoms with Gasteiger partial charge < -0.3 is 15.4 Å². The lowest BCUT2D eigenvalue weighted by atomic mass is 10.1. The summed E-state index contributed by atoms with van der Waals surface area (Å²) in [5.74, 6) is -1.55. The summed E-state index contributed by atoms with van der Waals surface area (Å²) >= 11 is 0. The zero-order valence-electron chi connectivity index (χ0n) is 10.6. The highest BCUT2D eigenvalue weighted by atomic mass is 19.1. The zero-order valence-corrected chi connectivity index (χ0v) is 10.6. The van der Waals surface area contributed by atoms with Crippen LogP contribution in [0, 0.1) is 11.6 Å². The molecule has 2 N–H and O–H groups in total. The maximum absolute atomic E-state index is 13.0. The molecule has 2 rings (SSSR count). The van der Waals surface area contributed by atoms with E-state index in [2.05, 4.69) is 10.6 Å². The molecule has 1 aliphatic heterocycles.